The van der Waals surface area contributed by atoms with Crippen LogP contribution >= 0.6 is 23.5 Å². The molecular weight excluding hydrogens is 1320 g/mol. The summed E-state index contributed by atoms with van der Waals surface area (Å²) in [7, 11) is 0. The second kappa shape index (κ2) is 41.4. The highest BCUT2D eigenvalue weighted by Gasteiger charge is 2.41. The molecule has 0 radical (unpaired) electrons. The minimum absolute atomic E-state index is 0.0367. The van der Waals surface area contributed by atoms with Crippen molar-refractivity contribution >= 4 is 94.6 Å². The number of primary amides is 3. The van der Waals surface area contributed by atoms with Gasteiger partial charge < -0.3 is 74.1 Å². The molecule has 26 nitrogen and oxygen atoms in total. The van der Waals surface area contributed by atoms with Crippen molar-refractivity contribution in [2.75, 3.05) is 24.6 Å². The minimum atomic E-state index is -1.81. The molecule has 0 bridgehead atoms. The van der Waals surface area contributed by atoms with E-state index in [0.29, 0.717) is 34.8 Å². The van der Waals surface area contributed by atoms with Crippen molar-refractivity contribution in [2.45, 2.75) is 152 Å². The molecule has 1 fully saturated rings. The van der Waals surface area contributed by atoms with Gasteiger partial charge in [-0.05, 0) is 77.5 Å². The summed E-state index contributed by atoms with van der Waals surface area (Å²) in [5, 5.41) is 21.2. The van der Waals surface area contributed by atoms with Crippen LogP contribution in [0.5, 0.6) is 5.75 Å². The zero-order chi connectivity index (χ0) is 72.5. The predicted molar refractivity (Wildman–Crippen MR) is 379 cm³/mol. The second-order valence-corrected chi connectivity index (χ2v) is 26.8. The lowest BCUT2D eigenvalue weighted by molar-refractivity contribution is -0.142. The fourth-order valence-corrected chi connectivity index (χ4v) is 12.7. The number of thioether (sulfide) groups is 2. The summed E-state index contributed by atoms with van der Waals surface area (Å²) in [5.41, 5.74) is 20.6. The van der Waals surface area contributed by atoms with Gasteiger partial charge in [0.2, 0.25) is 65.0 Å². The Bertz CT molecular complexity index is 3530. The summed E-state index contributed by atoms with van der Waals surface area (Å²) < 4.78 is 11.5. The number of nitrogens with zero attached hydrogens (tertiary/aromatic N) is 1. The summed E-state index contributed by atoms with van der Waals surface area (Å²) >= 11 is 2.62. The lowest BCUT2D eigenvalue weighted by Gasteiger charge is -2.31. The lowest BCUT2D eigenvalue weighted by Crippen LogP contribution is -2.61. The smallest absolute Gasteiger partial charge is 0.408 e. The number of amides is 12. The van der Waals surface area contributed by atoms with Crippen LogP contribution in [-0.4, -0.2) is 149 Å². The number of rotatable bonds is 41. The Morgan fingerprint density at radius 1 is 0.510 bits per heavy atom. The maximum Gasteiger partial charge on any atom is 0.408 e. The van der Waals surface area contributed by atoms with Crippen molar-refractivity contribution < 1.29 is 67.0 Å². The molecule has 5 aromatic carbocycles. The Labute approximate surface area is 591 Å². The fraction of sp³-hybridized carbons (Fsp3) is 0.417. The number of hydrogen-bond acceptors (Lipinski definition) is 16. The SMILES string of the molecule is CC[C@H](C)[C@H](NC(=O)[C@H](Cc1ccc(OCc2ccccc2)cc1)NC(=O)[C@H](CSCc1ccccc1)NC(=O)OCc1ccccc1)C(=O)N[C@@H](CCC(N)=O)C(=O)N[C@@H](CC(N)=O)C(=O)N[C@@H](CSCc1ccccc1)C(=O)N1CCC[C@H]1C(=O)N[C@@H](CC(C)C)C(=O)NCC(N)=O. The number of carbonyl (C=O) groups excluding carboxylic acids is 12. The molecule has 6 rings (SSSR count). The van der Waals surface area contributed by atoms with E-state index in [2.05, 4.69) is 42.5 Å². The van der Waals surface area contributed by atoms with Crippen LogP contribution in [-0.2, 0) is 88.6 Å². The van der Waals surface area contributed by atoms with Crippen LogP contribution in [0.25, 0.3) is 0 Å². The molecule has 100 heavy (non-hydrogen) atoms. The Balaban J connectivity index is 1.24. The van der Waals surface area contributed by atoms with E-state index in [4.69, 9.17) is 26.7 Å². The van der Waals surface area contributed by atoms with Gasteiger partial charge in [-0.15, -0.1) is 0 Å². The summed E-state index contributed by atoms with van der Waals surface area (Å²) in [4.78, 5) is 167. The molecular formula is C72H92N12O14S2. The van der Waals surface area contributed by atoms with Gasteiger partial charge in [0.25, 0.3) is 0 Å². The number of nitrogens with one attached hydrogen (secondary N) is 8. The van der Waals surface area contributed by atoms with Crippen LogP contribution < -0.4 is 64.5 Å². The molecule has 1 aliphatic heterocycles. The van der Waals surface area contributed by atoms with E-state index in [9.17, 15) is 52.7 Å². The lowest BCUT2D eigenvalue weighted by atomic mass is 9.96. The van der Waals surface area contributed by atoms with Gasteiger partial charge in [-0.2, -0.15) is 23.5 Å². The molecule has 1 aliphatic rings. The molecule has 14 N–H and O–H groups in total. The molecule has 12 amide bonds. The summed E-state index contributed by atoms with van der Waals surface area (Å²) in [6.07, 6.45) is -1.79. The van der Waals surface area contributed by atoms with E-state index >= 15 is 4.79 Å². The average Bonchev–Trinajstić information content (AvgIpc) is 1.76. The van der Waals surface area contributed by atoms with Gasteiger partial charge in [0.1, 0.15) is 67.3 Å². The zero-order valence-corrected chi connectivity index (χ0v) is 58.3. The first kappa shape index (κ1) is 79.0. The monoisotopic (exact) mass is 1410 g/mol. The van der Waals surface area contributed by atoms with Gasteiger partial charge in [0.05, 0.1) is 13.0 Å². The largest absolute Gasteiger partial charge is 0.489 e. The zero-order valence-electron chi connectivity index (χ0n) is 56.7. The normalized spacial score (nSPS) is 14.9. The maximum absolute atomic E-state index is 15.0. The molecule has 536 valence electrons. The van der Waals surface area contributed by atoms with Crippen LogP contribution in [0, 0.1) is 11.8 Å². The third-order valence-corrected chi connectivity index (χ3v) is 18.4. The Kier molecular flexibility index (Phi) is 32.8. The quantitative estimate of drug-likeness (QED) is 0.0266. The van der Waals surface area contributed by atoms with Gasteiger partial charge >= 0.3 is 6.09 Å². The van der Waals surface area contributed by atoms with Crippen molar-refractivity contribution in [1.82, 2.24) is 47.4 Å². The van der Waals surface area contributed by atoms with Gasteiger partial charge in [-0.25, -0.2) is 4.79 Å². The van der Waals surface area contributed by atoms with Gasteiger partial charge in [0.15, 0.2) is 0 Å². The third-order valence-electron chi connectivity index (χ3n) is 16.2. The summed E-state index contributed by atoms with van der Waals surface area (Å²) in [5.74, 6) is -8.89. The minimum Gasteiger partial charge on any atom is -0.489 e. The topological polar surface area (TPSA) is 401 Å². The molecule has 1 heterocycles. The van der Waals surface area contributed by atoms with Crippen LogP contribution in [0.4, 0.5) is 4.79 Å². The number of hydrogen-bond donors (Lipinski definition) is 11. The molecule has 9 atom stereocenters. The number of nitrogens with two attached hydrogens (primary N) is 3. The number of alkyl carbamates (subject to hydrolysis) is 1. The first-order valence-electron chi connectivity index (χ1n) is 33.2. The fourth-order valence-electron chi connectivity index (χ4n) is 10.7. The number of ether oxygens (including phenoxy) is 2. The van der Waals surface area contributed by atoms with Gasteiger partial charge in [-0.1, -0.05) is 168 Å². The van der Waals surface area contributed by atoms with Crippen LogP contribution in [0.2, 0.25) is 0 Å². The second-order valence-electron chi connectivity index (χ2n) is 24.7. The van der Waals surface area contributed by atoms with Crippen molar-refractivity contribution in [2.24, 2.45) is 29.0 Å². The molecule has 5 aromatic rings. The molecule has 28 heteroatoms. The third kappa shape index (κ3) is 27.4. The van der Waals surface area contributed by atoms with E-state index in [0.717, 1.165) is 16.7 Å². The van der Waals surface area contributed by atoms with Crippen LogP contribution in [0.1, 0.15) is 100 Å². The molecule has 0 aliphatic carbocycles. The molecule has 0 saturated carbocycles. The average molecular weight is 1410 g/mol. The van der Waals surface area contributed by atoms with E-state index < -0.39 is 151 Å². The Morgan fingerprint density at radius 3 is 1.57 bits per heavy atom. The number of likely N-dealkylation sites (tertiary alicyclic amines) is 1. The van der Waals surface area contributed by atoms with Crippen molar-refractivity contribution in [3.63, 3.8) is 0 Å². The van der Waals surface area contributed by atoms with E-state index in [1.54, 1.807) is 62.4 Å². The highest BCUT2D eigenvalue weighted by atomic mass is 32.2. The number of benzene rings is 5. The van der Waals surface area contributed by atoms with Crippen LogP contribution in [0.3, 0.4) is 0 Å². The van der Waals surface area contributed by atoms with E-state index in [1.165, 1.54) is 28.4 Å². The molecule has 0 unspecified atom stereocenters. The van der Waals surface area contributed by atoms with Crippen molar-refractivity contribution in [1.29, 1.82) is 0 Å². The van der Waals surface area contributed by atoms with Gasteiger partial charge in [0, 0.05) is 42.4 Å². The van der Waals surface area contributed by atoms with Crippen molar-refractivity contribution in [3.8, 4) is 5.75 Å². The van der Waals surface area contributed by atoms with E-state index in [1.807, 2.05) is 111 Å². The summed E-state index contributed by atoms with van der Waals surface area (Å²) in [6, 6.07) is 32.7. The first-order valence-corrected chi connectivity index (χ1v) is 35.5. The van der Waals surface area contributed by atoms with E-state index in [-0.39, 0.29) is 62.9 Å². The Morgan fingerprint density at radius 2 is 1.02 bits per heavy atom. The van der Waals surface area contributed by atoms with Gasteiger partial charge in [-0.3, -0.25) is 52.7 Å². The molecule has 1 saturated heterocycles. The summed E-state index contributed by atoms with van der Waals surface area (Å²) in [6.45, 7) is 6.85. The van der Waals surface area contributed by atoms with Crippen LogP contribution in [0.15, 0.2) is 146 Å². The maximum atomic E-state index is 15.0. The number of carbonyl (C=O) groups is 12. The highest BCUT2D eigenvalue weighted by molar-refractivity contribution is 7.98. The Hall–Kier alpha value is -9.96. The standard InChI is InChI=1S/C72H92N12O14S2/c1-5-46(4)63(83-67(91)55(36-47-28-30-52(31-29-47)97-39-48-19-10-6-11-20-48)78-68(92)57(43-99-41-50-23-14-8-15-24-50)82-72(96)98-40-49-21-12-7-13-22-49)70(94)77-53(32-33-60(73)85)65(89)79-56(37-61(74)86)66(90)81-58(44-100-42-51-25-16-9-17-26-51)71(95)84-34-18-27-59(84)69(93)80-54(35-45(2)3)64(88)76-38-62(75)87/h6-17,19-26,28-31,45-46,53-59,63H,5,18,27,32-44H2,1-4H3,(H2,73,85)(H2,74,86)(H2,75,87)(H,76,88)(H,77,94)(H,78,92)(H,79,89)(H,80,93)(H,81,90)(H,82,96)(H,83,91)/t46-,53-,54-,55-,56-,57-,58-,59-,63-/m0/s1. The molecule has 0 spiro atoms. The highest BCUT2D eigenvalue weighted by Crippen LogP contribution is 2.23. The van der Waals surface area contributed by atoms with Crippen molar-refractivity contribution in [3.05, 3.63) is 173 Å². The predicted octanol–water partition coefficient (Wildman–Crippen LogP) is 3.70. The first-order chi connectivity index (χ1) is 48.0. The molecule has 0 aromatic heterocycles.